The van der Waals surface area contributed by atoms with Gasteiger partial charge in [0.15, 0.2) is 6.10 Å². The summed E-state index contributed by atoms with van der Waals surface area (Å²) in [5.74, 6) is -2.75. The minimum absolute atomic E-state index is 0.131. The maximum absolute atomic E-state index is 15.3. The van der Waals surface area contributed by atoms with Gasteiger partial charge in [-0.15, -0.1) is 17.9 Å². The third kappa shape index (κ3) is 7.13. The van der Waals surface area contributed by atoms with E-state index in [1.165, 1.54) is 17.4 Å². The lowest BCUT2D eigenvalue weighted by molar-refractivity contribution is -0.155. The van der Waals surface area contributed by atoms with Crippen LogP contribution in [0.2, 0.25) is 0 Å². The zero-order valence-corrected chi connectivity index (χ0v) is 23.2. The summed E-state index contributed by atoms with van der Waals surface area (Å²) in [6, 6.07) is 0. The van der Waals surface area contributed by atoms with Gasteiger partial charge in [-0.2, -0.15) is 0 Å². The molecule has 7 atom stereocenters. The number of aliphatic hydroxyl groups excluding tert-OH is 2. The summed E-state index contributed by atoms with van der Waals surface area (Å²) < 4.78 is 26.8. The number of cyclic esters (lactones) is 1. The summed E-state index contributed by atoms with van der Waals surface area (Å²) in [6.07, 6.45) is 1.04. The fraction of sp³-hybridized carbons (Fsp3) is 0.679. The second kappa shape index (κ2) is 11.8. The number of rotatable bonds is 4. The van der Waals surface area contributed by atoms with Gasteiger partial charge in [0, 0.05) is 17.7 Å². The van der Waals surface area contributed by atoms with Crippen molar-refractivity contribution in [3.63, 3.8) is 0 Å². The molecular formula is C28H40FNO6S. The van der Waals surface area contributed by atoms with Crippen LogP contribution >= 0.6 is 11.3 Å². The van der Waals surface area contributed by atoms with Crippen molar-refractivity contribution in [3.05, 3.63) is 34.6 Å². The van der Waals surface area contributed by atoms with Crippen molar-refractivity contribution in [2.24, 2.45) is 17.3 Å². The molecule has 1 aromatic heterocycles. The first-order chi connectivity index (χ1) is 17.3. The lowest BCUT2D eigenvalue weighted by Crippen LogP contribution is -2.46. The largest absolute Gasteiger partial charge is 0.455 e. The number of ether oxygens (including phenoxy) is 2. The van der Waals surface area contributed by atoms with Gasteiger partial charge in [0.2, 0.25) is 0 Å². The van der Waals surface area contributed by atoms with E-state index in [9.17, 15) is 19.8 Å². The number of ketones is 1. The summed E-state index contributed by atoms with van der Waals surface area (Å²) in [6.45, 7) is 12.5. The van der Waals surface area contributed by atoms with Gasteiger partial charge in [-0.1, -0.05) is 33.3 Å². The number of fused-ring (bicyclic) bond motifs is 1. The van der Waals surface area contributed by atoms with Gasteiger partial charge in [0.05, 0.1) is 46.5 Å². The number of carbonyl (C=O) groups is 2. The summed E-state index contributed by atoms with van der Waals surface area (Å²) in [5, 5.41) is 24.5. The number of aryl methyl sites for hydroxylation is 1. The van der Waals surface area contributed by atoms with E-state index in [0.717, 1.165) is 11.4 Å². The molecule has 3 heterocycles. The lowest BCUT2D eigenvalue weighted by atomic mass is 9.71. The SMILES string of the molecule is C=CC[C@H]1C(=O)C(C)(C)[C@@H](O)CC(=O)O[C@H](C(F)=Cc2csc(C)n2)CC2OC2(C)CCC[C@H](C)[C@H]1O. The van der Waals surface area contributed by atoms with Crippen LogP contribution in [0.15, 0.2) is 23.9 Å². The van der Waals surface area contributed by atoms with Crippen molar-refractivity contribution in [1.82, 2.24) is 4.98 Å². The quantitative estimate of drug-likeness (QED) is 0.318. The number of halogens is 1. The Bertz CT molecular complexity index is 1020. The topological polar surface area (TPSA) is 109 Å². The maximum Gasteiger partial charge on any atom is 0.309 e. The molecule has 7 nitrogen and oxygen atoms in total. The molecule has 2 saturated heterocycles. The highest BCUT2D eigenvalue weighted by Crippen LogP contribution is 2.45. The van der Waals surface area contributed by atoms with Crippen LogP contribution in [-0.4, -0.2) is 57.0 Å². The van der Waals surface area contributed by atoms with E-state index in [1.807, 2.05) is 20.8 Å². The van der Waals surface area contributed by atoms with E-state index in [4.69, 9.17) is 9.47 Å². The minimum Gasteiger partial charge on any atom is -0.455 e. The minimum atomic E-state index is -1.38. The van der Waals surface area contributed by atoms with Gasteiger partial charge in [0.1, 0.15) is 11.6 Å². The summed E-state index contributed by atoms with van der Waals surface area (Å²) in [5.41, 5.74) is -1.39. The van der Waals surface area contributed by atoms with Crippen LogP contribution in [0, 0.1) is 24.2 Å². The first-order valence-corrected chi connectivity index (χ1v) is 13.8. The number of thiazole rings is 1. The number of aliphatic hydroxyl groups is 2. The Morgan fingerprint density at radius 3 is 2.65 bits per heavy atom. The molecule has 37 heavy (non-hydrogen) atoms. The third-order valence-electron chi connectivity index (χ3n) is 7.88. The summed E-state index contributed by atoms with van der Waals surface area (Å²) in [4.78, 5) is 30.6. The number of Topliss-reactive ketones (excluding diaryl/α,β-unsaturated/α-hetero) is 1. The summed E-state index contributed by atoms with van der Waals surface area (Å²) in [7, 11) is 0. The normalized spacial score (nSPS) is 35.9. The molecule has 2 N–H and O–H groups in total. The van der Waals surface area contributed by atoms with Gasteiger partial charge in [0.25, 0.3) is 0 Å². The third-order valence-corrected chi connectivity index (χ3v) is 8.67. The smallest absolute Gasteiger partial charge is 0.309 e. The predicted octanol–water partition coefficient (Wildman–Crippen LogP) is 4.94. The van der Waals surface area contributed by atoms with Crippen molar-refractivity contribution in [3.8, 4) is 0 Å². The van der Waals surface area contributed by atoms with Crippen molar-refractivity contribution >= 4 is 29.2 Å². The number of carbonyl (C=O) groups excluding carboxylic acids is 2. The maximum atomic E-state index is 15.3. The molecule has 1 aromatic rings. The first-order valence-electron chi connectivity index (χ1n) is 13.0. The van der Waals surface area contributed by atoms with Crippen LogP contribution in [0.4, 0.5) is 4.39 Å². The highest BCUT2D eigenvalue weighted by atomic mass is 32.1. The molecular weight excluding hydrogens is 497 g/mol. The van der Waals surface area contributed by atoms with E-state index < -0.39 is 53.5 Å². The molecule has 0 saturated carbocycles. The van der Waals surface area contributed by atoms with E-state index in [0.29, 0.717) is 18.5 Å². The Hall–Kier alpha value is -1.94. The molecule has 0 amide bonds. The molecule has 0 aromatic carbocycles. The predicted molar refractivity (Wildman–Crippen MR) is 140 cm³/mol. The number of allylic oxidation sites excluding steroid dienone is 1. The molecule has 206 valence electrons. The number of aromatic nitrogens is 1. The zero-order valence-electron chi connectivity index (χ0n) is 22.4. The molecule has 2 aliphatic heterocycles. The van der Waals surface area contributed by atoms with Crippen molar-refractivity contribution in [2.45, 2.75) is 103 Å². The Kier molecular flexibility index (Phi) is 9.48. The molecule has 2 unspecified atom stereocenters. The van der Waals surface area contributed by atoms with Gasteiger partial charge in [-0.3, -0.25) is 9.59 Å². The molecule has 0 radical (unpaired) electrons. The molecule has 3 rings (SSSR count). The number of esters is 1. The average molecular weight is 538 g/mol. The summed E-state index contributed by atoms with van der Waals surface area (Å²) >= 11 is 1.39. The van der Waals surface area contributed by atoms with Crippen molar-refractivity contribution in [1.29, 1.82) is 0 Å². The lowest BCUT2D eigenvalue weighted by Gasteiger charge is -2.35. The molecule has 2 fully saturated rings. The highest BCUT2D eigenvalue weighted by molar-refractivity contribution is 7.09. The Balaban J connectivity index is 1.88. The second-order valence-electron chi connectivity index (χ2n) is 11.3. The van der Waals surface area contributed by atoms with Crippen molar-refractivity contribution < 1.29 is 33.7 Å². The average Bonchev–Trinajstić information content (AvgIpc) is 3.27. The van der Waals surface area contributed by atoms with Crippen LogP contribution in [0.3, 0.4) is 0 Å². The van der Waals surface area contributed by atoms with Crippen LogP contribution in [-0.2, 0) is 19.1 Å². The van der Waals surface area contributed by atoms with Gasteiger partial charge < -0.3 is 19.7 Å². The van der Waals surface area contributed by atoms with Gasteiger partial charge in [-0.05, 0) is 45.1 Å². The fourth-order valence-electron chi connectivity index (χ4n) is 5.09. The highest BCUT2D eigenvalue weighted by Gasteiger charge is 2.53. The molecule has 9 heteroatoms. The van der Waals surface area contributed by atoms with E-state index in [2.05, 4.69) is 11.6 Å². The van der Waals surface area contributed by atoms with E-state index in [-0.39, 0.29) is 30.6 Å². The molecule has 0 spiro atoms. The Labute approximate surface area is 222 Å². The fourth-order valence-corrected chi connectivity index (χ4v) is 5.66. The number of epoxide rings is 1. The second-order valence-corrected chi connectivity index (χ2v) is 12.3. The number of nitrogens with zero attached hydrogens (tertiary/aromatic N) is 1. The Morgan fingerprint density at radius 2 is 2.03 bits per heavy atom. The van der Waals surface area contributed by atoms with E-state index in [1.54, 1.807) is 25.3 Å². The van der Waals surface area contributed by atoms with Crippen LogP contribution in [0.1, 0.15) is 76.9 Å². The van der Waals surface area contributed by atoms with Gasteiger partial charge in [-0.25, -0.2) is 9.37 Å². The van der Waals surface area contributed by atoms with E-state index >= 15 is 4.39 Å². The Morgan fingerprint density at radius 1 is 1.32 bits per heavy atom. The number of hydrogen-bond donors (Lipinski definition) is 2. The molecule has 0 aliphatic carbocycles. The monoisotopic (exact) mass is 537 g/mol. The van der Waals surface area contributed by atoms with Crippen LogP contribution in [0.5, 0.6) is 0 Å². The first kappa shape index (κ1) is 29.6. The zero-order chi connectivity index (χ0) is 27.5. The van der Waals surface area contributed by atoms with Gasteiger partial charge >= 0.3 is 5.97 Å². The molecule has 0 bridgehead atoms. The standard InChI is InChI=1S/C28H40FNO6S/c1-7-9-19-25(33)16(2)10-8-11-28(6)23(36-28)13-21(20(29)12-18-15-37-17(3)30-18)35-24(32)14-22(31)27(4,5)26(19)34/h7,12,15-16,19,21-23,25,31,33H,1,8-11,13-14H2,2-6H3/t16-,19+,21-,22-,23?,25+,28?/m0/s1. The van der Waals surface area contributed by atoms with Crippen LogP contribution < -0.4 is 0 Å². The molecule has 2 aliphatic rings. The van der Waals surface area contributed by atoms with Crippen molar-refractivity contribution in [2.75, 3.05) is 0 Å². The number of hydrogen-bond acceptors (Lipinski definition) is 8. The van der Waals surface area contributed by atoms with Crippen LogP contribution in [0.25, 0.3) is 6.08 Å².